The van der Waals surface area contributed by atoms with E-state index in [1.807, 2.05) is 48.5 Å². The van der Waals surface area contributed by atoms with Crippen LogP contribution < -0.4 is 0 Å². The first kappa shape index (κ1) is 12.8. The summed E-state index contributed by atoms with van der Waals surface area (Å²) in [5, 5.41) is 8.78. The fraction of sp³-hybridized carbons (Fsp3) is 0. The lowest BCUT2D eigenvalue weighted by molar-refractivity contribution is 0.105. The molecule has 1 N–H and O–H groups in total. The molecule has 0 spiro atoms. The van der Waals surface area contributed by atoms with Gasteiger partial charge in [-0.3, -0.25) is 4.79 Å². The van der Waals surface area contributed by atoms with Gasteiger partial charge < -0.3 is 5.11 Å². The van der Waals surface area contributed by atoms with Crippen molar-refractivity contribution >= 4 is 11.4 Å². The first-order valence-electron chi connectivity index (χ1n) is 5.99. The third-order valence-corrected chi connectivity index (χ3v) is 2.71. The van der Waals surface area contributed by atoms with E-state index in [-0.39, 0.29) is 5.78 Å². The zero-order valence-corrected chi connectivity index (χ0v) is 10.4. The van der Waals surface area contributed by atoms with Gasteiger partial charge in [0.2, 0.25) is 0 Å². The van der Waals surface area contributed by atoms with Crippen LogP contribution in [0.25, 0.3) is 5.57 Å². The maximum atomic E-state index is 12.5. The minimum atomic E-state index is -0.0649. The Kier molecular flexibility index (Phi) is 4.29. The van der Waals surface area contributed by atoms with Gasteiger partial charge in [-0.2, -0.15) is 0 Å². The fourth-order valence-electron chi connectivity index (χ4n) is 1.81. The van der Waals surface area contributed by atoms with Crippen molar-refractivity contribution in [3.05, 3.63) is 90.2 Å². The molecule has 94 valence electrons. The summed E-state index contributed by atoms with van der Waals surface area (Å²) in [5.41, 5.74) is 2.01. The first-order chi connectivity index (χ1) is 9.33. The van der Waals surface area contributed by atoms with E-state index in [9.17, 15) is 4.79 Å². The summed E-state index contributed by atoms with van der Waals surface area (Å²) in [6.07, 6.45) is 3.98. The maximum Gasteiger partial charge on any atom is 0.193 e. The van der Waals surface area contributed by atoms with Gasteiger partial charge in [0.1, 0.15) is 0 Å². The van der Waals surface area contributed by atoms with Gasteiger partial charge in [-0.25, -0.2) is 0 Å². The molecule has 2 aromatic carbocycles. The summed E-state index contributed by atoms with van der Waals surface area (Å²) in [4.78, 5) is 12.5. The highest BCUT2D eigenvalue weighted by Crippen LogP contribution is 2.19. The van der Waals surface area contributed by atoms with E-state index in [1.165, 1.54) is 6.08 Å². The minimum Gasteiger partial charge on any atom is -0.516 e. The van der Waals surface area contributed by atoms with Crippen molar-refractivity contribution in [3.63, 3.8) is 0 Å². The van der Waals surface area contributed by atoms with Crippen LogP contribution in [0.3, 0.4) is 0 Å². The molecule has 0 unspecified atom stereocenters. The molecular weight excluding hydrogens is 236 g/mol. The molecule has 0 saturated carbocycles. The van der Waals surface area contributed by atoms with Crippen LogP contribution in [0.15, 0.2) is 79.1 Å². The predicted molar refractivity (Wildman–Crippen MR) is 77.0 cm³/mol. The predicted octanol–water partition coefficient (Wildman–Crippen LogP) is 4.02. The van der Waals surface area contributed by atoms with Gasteiger partial charge in [-0.1, -0.05) is 60.7 Å². The number of rotatable bonds is 4. The van der Waals surface area contributed by atoms with Crippen LogP contribution in [0.4, 0.5) is 0 Å². The van der Waals surface area contributed by atoms with Crippen molar-refractivity contribution in [2.75, 3.05) is 0 Å². The number of hydrogen-bond acceptors (Lipinski definition) is 2. The summed E-state index contributed by atoms with van der Waals surface area (Å²) in [5.74, 6) is -0.0649. The normalized spacial score (nSPS) is 11.7. The number of aliphatic hydroxyl groups excluding tert-OH is 1. The molecule has 0 atom stereocenters. The largest absolute Gasteiger partial charge is 0.516 e. The van der Waals surface area contributed by atoms with Crippen LogP contribution in [0.2, 0.25) is 0 Å². The molecule has 0 saturated heterocycles. The van der Waals surface area contributed by atoms with Gasteiger partial charge >= 0.3 is 0 Å². The molecule has 2 heteroatoms. The highest BCUT2D eigenvalue weighted by Gasteiger charge is 2.12. The smallest absolute Gasteiger partial charge is 0.193 e. The lowest BCUT2D eigenvalue weighted by Gasteiger charge is -2.06. The Morgan fingerprint density at radius 1 is 0.842 bits per heavy atom. The molecule has 0 aromatic heterocycles. The quantitative estimate of drug-likeness (QED) is 0.385. The Hall–Kier alpha value is -2.61. The van der Waals surface area contributed by atoms with Crippen molar-refractivity contribution in [1.82, 2.24) is 0 Å². The number of carbonyl (C=O) groups is 1. The van der Waals surface area contributed by atoms with Gasteiger partial charge in [0.15, 0.2) is 5.78 Å². The van der Waals surface area contributed by atoms with Crippen LogP contribution in [0.1, 0.15) is 15.9 Å². The van der Waals surface area contributed by atoms with E-state index in [1.54, 1.807) is 18.2 Å². The molecule has 0 aliphatic heterocycles. The second-order valence-corrected chi connectivity index (χ2v) is 3.98. The molecule has 19 heavy (non-hydrogen) atoms. The van der Waals surface area contributed by atoms with Crippen LogP contribution >= 0.6 is 0 Å². The van der Waals surface area contributed by atoms with Crippen molar-refractivity contribution in [2.45, 2.75) is 0 Å². The van der Waals surface area contributed by atoms with Crippen LogP contribution in [0.5, 0.6) is 0 Å². The SMILES string of the molecule is O=C(/C(=C/C=C/O)c1ccccc1)c1ccccc1. The van der Waals surface area contributed by atoms with Crippen molar-refractivity contribution in [2.24, 2.45) is 0 Å². The molecular formula is C17H14O2. The average molecular weight is 250 g/mol. The standard InChI is InChI=1S/C17H14O2/c18-13-7-12-16(14-8-3-1-4-9-14)17(19)15-10-5-2-6-11-15/h1-13,18H/b13-7+,16-12+. The van der Waals surface area contributed by atoms with E-state index < -0.39 is 0 Å². The zero-order valence-electron chi connectivity index (χ0n) is 10.4. The third kappa shape index (κ3) is 3.19. The Morgan fingerprint density at radius 3 is 1.89 bits per heavy atom. The third-order valence-electron chi connectivity index (χ3n) is 2.71. The number of benzene rings is 2. The number of ketones is 1. The van der Waals surface area contributed by atoms with Gasteiger partial charge in [0.25, 0.3) is 0 Å². The van der Waals surface area contributed by atoms with Crippen LogP contribution in [-0.2, 0) is 0 Å². The second-order valence-electron chi connectivity index (χ2n) is 3.98. The van der Waals surface area contributed by atoms with E-state index in [2.05, 4.69) is 0 Å². The summed E-state index contributed by atoms with van der Waals surface area (Å²) in [6.45, 7) is 0. The maximum absolute atomic E-state index is 12.5. The number of allylic oxidation sites excluding steroid dienone is 3. The molecule has 0 bridgehead atoms. The molecule has 0 aliphatic rings. The Balaban J connectivity index is 2.43. The van der Waals surface area contributed by atoms with E-state index in [0.717, 1.165) is 11.8 Å². The Bertz CT molecular complexity index is 596. The molecule has 2 aromatic rings. The summed E-state index contributed by atoms with van der Waals surface area (Å²) in [7, 11) is 0. The molecule has 2 rings (SSSR count). The highest BCUT2D eigenvalue weighted by atomic mass is 16.2. The second kappa shape index (κ2) is 6.36. The van der Waals surface area contributed by atoms with Crippen molar-refractivity contribution in [3.8, 4) is 0 Å². The number of carbonyl (C=O) groups excluding carboxylic acids is 1. The lowest BCUT2D eigenvalue weighted by atomic mass is 9.96. The average Bonchev–Trinajstić information content (AvgIpc) is 2.49. The molecule has 0 radical (unpaired) electrons. The molecule has 2 nitrogen and oxygen atoms in total. The number of hydrogen-bond donors (Lipinski definition) is 1. The molecule has 0 aliphatic carbocycles. The summed E-state index contributed by atoms with van der Waals surface area (Å²) in [6, 6.07) is 18.5. The first-order valence-corrected chi connectivity index (χ1v) is 5.99. The van der Waals surface area contributed by atoms with Crippen LogP contribution in [0, 0.1) is 0 Å². The van der Waals surface area contributed by atoms with Gasteiger partial charge in [0.05, 0.1) is 6.26 Å². The van der Waals surface area contributed by atoms with E-state index in [0.29, 0.717) is 11.1 Å². The van der Waals surface area contributed by atoms with Crippen LogP contribution in [-0.4, -0.2) is 10.9 Å². The van der Waals surface area contributed by atoms with E-state index in [4.69, 9.17) is 5.11 Å². The Labute approximate surface area is 112 Å². The highest BCUT2D eigenvalue weighted by molar-refractivity contribution is 6.29. The molecule has 0 heterocycles. The summed E-state index contributed by atoms with van der Waals surface area (Å²) >= 11 is 0. The molecule has 0 fully saturated rings. The van der Waals surface area contributed by atoms with E-state index >= 15 is 0 Å². The van der Waals surface area contributed by atoms with Crippen molar-refractivity contribution < 1.29 is 9.90 Å². The van der Waals surface area contributed by atoms with Gasteiger partial charge in [-0.15, -0.1) is 0 Å². The Morgan fingerprint density at radius 2 is 1.37 bits per heavy atom. The number of Topliss-reactive ketones (excluding diaryl/α,β-unsaturated/α-hetero) is 1. The zero-order chi connectivity index (χ0) is 13.5. The molecule has 0 amide bonds. The summed E-state index contributed by atoms with van der Waals surface area (Å²) < 4.78 is 0. The monoisotopic (exact) mass is 250 g/mol. The lowest BCUT2D eigenvalue weighted by Crippen LogP contribution is -2.02. The minimum absolute atomic E-state index is 0.0649. The fourth-order valence-corrected chi connectivity index (χ4v) is 1.81. The number of aliphatic hydroxyl groups is 1. The van der Waals surface area contributed by atoms with Crippen molar-refractivity contribution in [1.29, 1.82) is 0 Å². The topological polar surface area (TPSA) is 37.3 Å². The van der Waals surface area contributed by atoms with Gasteiger partial charge in [0, 0.05) is 11.1 Å². The van der Waals surface area contributed by atoms with Gasteiger partial charge in [-0.05, 0) is 17.7 Å².